The number of carboxylic acid groups (broad SMARTS) is 1. The quantitative estimate of drug-likeness (QED) is 0.564. The second kappa shape index (κ2) is 7.12. The SMILES string of the molecule is Cl.N#CCC(CN)NC(=O)O. The molecule has 0 rings (SSSR count). The molecule has 5 nitrogen and oxygen atoms in total. The summed E-state index contributed by atoms with van der Waals surface area (Å²) in [5.74, 6) is 0. The van der Waals surface area contributed by atoms with Gasteiger partial charge in [0.15, 0.2) is 0 Å². The Kier molecular flexibility index (Phi) is 8.20. The summed E-state index contributed by atoms with van der Waals surface area (Å²) in [4.78, 5) is 9.97. The standard InChI is InChI=1S/C5H9N3O2.ClH/c6-2-1-4(3-7)8-5(9)10;/h4,8H,1,3,7H2,(H,9,10);1H. The van der Waals surface area contributed by atoms with Crippen LogP contribution in [0.1, 0.15) is 6.42 Å². The van der Waals surface area contributed by atoms with Gasteiger partial charge in [0.1, 0.15) is 0 Å². The molecule has 6 heteroatoms. The van der Waals surface area contributed by atoms with Gasteiger partial charge < -0.3 is 16.2 Å². The number of rotatable bonds is 3. The molecule has 64 valence electrons. The van der Waals surface area contributed by atoms with E-state index in [-0.39, 0.29) is 25.4 Å². The molecule has 11 heavy (non-hydrogen) atoms. The zero-order chi connectivity index (χ0) is 7.98. The topological polar surface area (TPSA) is 99.1 Å². The van der Waals surface area contributed by atoms with E-state index in [0.29, 0.717) is 0 Å². The van der Waals surface area contributed by atoms with Gasteiger partial charge in [-0.2, -0.15) is 5.26 Å². The normalized spacial score (nSPS) is 10.5. The molecule has 1 unspecified atom stereocenters. The minimum absolute atomic E-state index is 0. The fourth-order valence-corrected chi connectivity index (χ4v) is 0.478. The van der Waals surface area contributed by atoms with Gasteiger partial charge in [0, 0.05) is 6.54 Å². The highest BCUT2D eigenvalue weighted by molar-refractivity contribution is 5.85. The molecule has 0 saturated carbocycles. The number of halogens is 1. The molecule has 0 aliphatic carbocycles. The highest BCUT2D eigenvalue weighted by Gasteiger charge is 2.07. The summed E-state index contributed by atoms with van der Waals surface area (Å²) in [6, 6.07) is 1.38. The maximum Gasteiger partial charge on any atom is 0.404 e. The third-order valence-electron chi connectivity index (χ3n) is 0.950. The van der Waals surface area contributed by atoms with Gasteiger partial charge in [-0.3, -0.25) is 0 Å². The Bertz CT molecular complexity index is 156. The number of nitriles is 1. The summed E-state index contributed by atoms with van der Waals surface area (Å²) in [5, 5.41) is 18.4. The third kappa shape index (κ3) is 6.90. The van der Waals surface area contributed by atoms with Crippen LogP contribution in [0.2, 0.25) is 0 Å². The smallest absolute Gasteiger partial charge is 0.404 e. The van der Waals surface area contributed by atoms with Gasteiger partial charge in [-0.15, -0.1) is 12.4 Å². The second-order valence-corrected chi connectivity index (χ2v) is 1.74. The van der Waals surface area contributed by atoms with Gasteiger partial charge >= 0.3 is 6.09 Å². The summed E-state index contributed by atoms with van der Waals surface area (Å²) in [6.45, 7) is 0.153. The van der Waals surface area contributed by atoms with E-state index in [2.05, 4.69) is 5.32 Å². The number of amides is 1. The summed E-state index contributed by atoms with van der Waals surface area (Å²) in [6.07, 6.45) is -1.03. The Hall–Kier alpha value is -0.990. The number of nitrogens with zero attached hydrogens (tertiary/aromatic N) is 1. The Morgan fingerprint density at radius 3 is 2.64 bits per heavy atom. The van der Waals surface area contributed by atoms with Crippen molar-refractivity contribution in [2.45, 2.75) is 12.5 Å². The molecule has 1 atom stereocenters. The molecule has 0 bridgehead atoms. The third-order valence-corrected chi connectivity index (χ3v) is 0.950. The van der Waals surface area contributed by atoms with Crippen LogP contribution in [0.25, 0.3) is 0 Å². The van der Waals surface area contributed by atoms with Crippen molar-refractivity contribution >= 4 is 18.5 Å². The molecule has 0 fully saturated rings. The maximum absolute atomic E-state index is 9.97. The van der Waals surface area contributed by atoms with E-state index >= 15 is 0 Å². The lowest BCUT2D eigenvalue weighted by atomic mass is 10.2. The first-order valence-electron chi connectivity index (χ1n) is 2.77. The Morgan fingerprint density at radius 1 is 1.82 bits per heavy atom. The first kappa shape index (κ1) is 12.7. The fraction of sp³-hybridized carbons (Fsp3) is 0.600. The zero-order valence-corrected chi connectivity index (χ0v) is 6.60. The molecular formula is C5H10ClN3O2. The zero-order valence-electron chi connectivity index (χ0n) is 5.78. The minimum Gasteiger partial charge on any atom is -0.465 e. The van der Waals surface area contributed by atoms with Crippen LogP contribution in [-0.4, -0.2) is 23.8 Å². The lowest BCUT2D eigenvalue weighted by molar-refractivity contribution is 0.190. The predicted octanol–water partition coefficient (Wildman–Crippen LogP) is -0.0832. The molecule has 0 spiro atoms. The van der Waals surface area contributed by atoms with Gasteiger partial charge in [-0.25, -0.2) is 4.79 Å². The minimum atomic E-state index is -1.15. The molecular weight excluding hydrogens is 170 g/mol. The highest BCUT2D eigenvalue weighted by atomic mass is 35.5. The first-order chi connectivity index (χ1) is 4.70. The predicted molar refractivity (Wildman–Crippen MR) is 41.5 cm³/mol. The molecule has 0 saturated heterocycles. The lowest BCUT2D eigenvalue weighted by Crippen LogP contribution is -2.38. The number of nitrogens with one attached hydrogen (secondary N) is 1. The van der Waals surface area contributed by atoms with E-state index in [1.807, 2.05) is 6.07 Å². The molecule has 4 N–H and O–H groups in total. The number of hydrogen-bond acceptors (Lipinski definition) is 3. The average Bonchev–Trinajstić information content (AvgIpc) is 1.86. The van der Waals surface area contributed by atoms with Crippen LogP contribution in [0.5, 0.6) is 0 Å². The summed E-state index contributed by atoms with van der Waals surface area (Å²) in [5.41, 5.74) is 5.13. The molecule has 0 aromatic rings. The Morgan fingerprint density at radius 2 is 2.36 bits per heavy atom. The Labute approximate surface area is 70.6 Å². The number of carbonyl (C=O) groups is 1. The van der Waals surface area contributed by atoms with Gasteiger partial charge in [0.2, 0.25) is 0 Å². The van der Waals surface area contributed by atoms with Crippen molar-refractivity contribution in [3.63, 3.8) is 0 Å². The van der Waals surface area contributed by atoms with E-state index in [4.69, 9.17) is 16.1 Å². The number of nitrogens with two attached hydrogens (primary N) is 1. The fourth-order valence-electron chi connectivity index (χ4n) is 0.478. The second-order valence-electron chi connectivity index (χ2n) is 1.74. The molecule has 0 aliphatic heterocycles. The van der Waals surface area contributed by atoms with E-state index in [9.17, 15) is 4.79 Å². The molecule has 1 amide bonds. The van der Waals surface area contributed by atoms with Crippen LogP contribution >= 0.6 is 12.4 Å². The van der Waals surface area contributed by atoms with E-state index in [1.165, 1.54) is 0 Å². The van der Waals surface area contributed by atoms with Gasteiger partial charge in [-0.1, -0.05) is 0 Å². The van der Waals surface area contributed by atoms with Crippen molar-refractivity contribution < 1.29 is 9.90 Å². The van der Waals surface area contributed by atoms with Crippen molar-refractivity contribution in [3.8, 4) is 6.07 Å². The van der Waals surface area contributed by atoms with E-state index < -0.39 is 12.1 Å². The van der Waals surface area contributed by atoms with Crippen LogP contribution in [0.3, 0.4) is 0 Å². The van der Waals surface area contributed by atoms with Crippen molar-refractivity contribution in [2.75, 3.05) is 6.54 Å². The van der Waals surface area contributed by atoms with Gasteiger partial charge in [0.25, 0.3) is 0 Å². The van der Waals surface area contributed by atoms with Gasteiger partial charge in [-0.05, 0) is 0 Å². The van der Waals surface area contributed by atoms with Crippen molar-refractivity contribution in [3.05, 3.63) is 0 Å². The first-order valence-corrected chi connectivity index (χ1v) is 2.77. The molecule has 0 aromatic heterocycles. The summed E-state index contributed by atoms with van der Waals surface area (Å²) >= 11 is 0. The number of hydrogen-bond donors (Lipinski definition) is 3. The molecule has 0 aliphatic rings. The van der Waals surface area contributed by atoms with E-state index in [0.717, 1.165) is 0 Å². The molecule has 0 aromatic carbocycles. The Balaban J connectivity index is 0. The lowest BCUT2D eigenvalue weighted by Gasteiger charge is -2.08. The van der Waals surface area contributed by atoms with Gasteiger partial charge in [0.05, 0.1) is 18.5 Å². The van der Waals surface area contributed by atoms with Crippen molar-refractivity contribution in [2.24, 2.45) is 5.73 Å². The summed E-state index contributed by atoms with van der Waals surface area (Å²) < 4.78 is 0. The van der Waals surface area contributed by atoms with E-state index in [1.54, 1.807) is 0 Å². The summed E-state index contributed by atoms with van der Waals surface area (Å²) in [7, 11) is 0. The maximum atomic E-state index is 9.97. The highest BCUT2D eigenvalue weighted by Crippen LogP contribution is 1.85. The molecule has 0 heterocycles. The van der Waals surface area contributed by atoms with Crippen LogP contribution < -0.4 is 11.1 Å². The molecule has 0 radical (unpaired) electrons. The monoisotopic (exact) mass is 179 g/mol. The van der Waals surface area contributed by atoms with Crippen molar-refractivity contribution in [1.82, 2.24) is 5.32 Å². The average molecular weight is 180 g/mol. The van der Waals surface area contributed by atoms with Crippen molar-refractivity contribution in [1.29, 1.82) is 5.26 Å². The van der Waals surface area contributed by atoms with Crippen LogP contribution in [0, 0.1) is 11.3 Å². The van der Waals surface area contributed by atoms with Crippen LogP contribution in [-0.2, 0) is 0 Å². The largest absolute Gasteiger partial charge is 0.465 e. The van der Waals surface area contributed by atoms with Crippen LogP contribution in [0.15, 0.2) is 0 Å². The van der Waals surface area contributed by atoms with Crippen LogP contribution in [0.4, 0.5) is 4.79 Å².